The Morgan fingerprint density at radius 1 is 1.19 bits per heavy atom. The normalized spacial score (nSPS) is 17.3. The van der Waals surface area contributed by atoms with Crippen molar-refractivity contribution in [3.05, 3.63) is 47.3 Å². The number of nitrogens with zero attached hydrogens (tertiary/aromatic N) is 6. The minimum Gasteiger partial charge on any atom is -0.353 e. The smallest absolute Gasteiger partial charge is 0.227 e. The van der Waals surface area contributed by atoms with E-state index in [1.165, 1.54) is 12.3 Å². The van der Waals surface area contributed by atoms with Gasteiger partial charge in [-0.05, 0) is 25.1 Å². The van der Waals surface area contributed by atoms with Crippen molar-refractivity contribution in [3.8, 4) is 0 Å². The second-order valence-corrected chi connectivity index (χ2v) is 8.48. The van der Waals surface area contributed by atoms with Gasteiger partial charge in [-0.25, -0.2) is 14.4 Å². The topological polar surface area (TPSA) is 90.7 Å². The van der Waals surface area contributed by atoms with E-state index in [4.69, 9.17) is 11.6 Å². The van der Waals surface area contributed by atoms with Crippen LogP contribution in [0.5, 0.6) is 0 Å². The maximum Gasteiger partial charge on any atom is 0.227 e. The van der Waals surface area contributed by atoms with Crippen molar-refractivity contribution >= 4 is 34.9 Å². The monoisotopic (exact) mass is 458 g/mol. The first kappa shape index (κ1) is 20.9. The zero-order chi connectivity index (χ0) is 22.1. The lowest BCUT2D eigenvalue weighted by Crippen LogP contribution is -2.54. The molecule has 3 aromatic heterocycles. The molecule has 0 saturated carbocycles. The minimum atomic E-state index is -0.352. The Labute approximate surface area is 189 Å². The van der Waals surface area contributed by atoms with Crippen molar-refractivity contribution in [1.82, 2.24) is 30.0 Å². The largest absolute Gasteiger partial charge is 0.353 e. The average Bonchev–Trinajstić information content (AvgIpc) is 2.95. The molecular weight excluding hydrogens is 435 g/mol. The van der Waals surface area contributed by atoms with Crippen LogP contribution >= 0.6 is 11.6 Å². The lowest BCUT2D eigenvalue weighted by atomic mass is 9.99. The Hall–Kier alpha value is -2.98. The highest BCUT2D eigenvalue weighted by molar-refractivity contribution is 6.32. The number of nitrogens with one attached hydrogen (secondary N) is 2. The van der Waals surface area contributed by atoms with Gasteiger partial charge in [-0.3, -0.25) is 9.20 Å². The van der Waals surface area contributed by atoms with Gasteiger partial charge in [0, 0.05) is 38.9 Å². The van der Waals surface area contributed by atoms with E-state index >= 15 is 0 Å². The van der Waals surface area contributed by atoms with Gasteiger partial charge < -0.3 is 20.4 Å². The van der Waals surface area contributed by atoms with Crippen LogP contribution in [0.15, 0.2) is 30.7 Å². The number of anilines is 2. The van der Waals surface area contributed by atoms with Crippen LogP contribution in [-0.4, -0.2) is 64.5 Å². The molecule has 0 aliphatic carbocycles. The predicted octanol–water partition coefficient (Wildman–Crippen LogP) is 1.47. The second-order valence-electron chi connectivity index (χ2n) is 8.08. The third kappa shape index (κ3) is 4.20. The highest BCUT2D eigenvalue weighted by Crippen LogP contribution is 2.30. The van der Waals surface area contributed by atoms with Crippen molar-refractivity contribution < 1.29 is 9.18 Å². The van der Waals surface area contributed by atoms with Gasteiger partial charge in [0.05, 0.1) is 30.6 Å². The summed E-state index contributed by atoms with van der Waals surface area (Å²) in [6.07, 6.45) is 5.67. The number of hydrogen-bond acceptors (Lipinski definition) is 7. The molecule has 2 aliphatic rings. The van der Waals surface area contributed by atoms with E-state index in [1.54, 1.807) is 22.9 Å². The molecule has 9 nitrogen and oxygen atoms in total. The lowest BCUT2D eigenvalue weighted by molar-refractivity contribution is -0.125. The van der Waals surface area contributed by atoms with Gasteiger partial charge in [0.1, 0.15) is 16.5 Å². The van der Waals surface area contributed by atoms with Crippen LogP contribution in [0.2, 0.25) is 5.02 Å². The summed E-state index contributed by atoms with van der Waals surface area (Å²) in [6, 6.07) is 2.97. The third-order valence-electron chi connectivity index (χ3n) is 5.88. The number of rotatable bonds is 5. The molecule has 1 amide bonds. The molecular formula is C21H24ClFN8O. The number of amides is 1. The fourth-order valence-corrected chi connectivity index (χ4v) is 4.25. The molecule has 32 heavy (non-hydrogen) atoms. The molecule has 0 radical (unpaired) electrons. The third-order valence-corrected chi connectivity index (χ3v) is 6.14. The molecule has 0 spiro atoms. The Morgan fingerprint density at radius 3 is 2.94 bits per heavy atom. The Balaban J connectivity index is 1.19. The van der Waals surface area contributed by atoms with Gasteiger partial charge in [-0.2, -0.15) is 4.98 Å². The van der Waals surface area contributed by atoms with E-state index in [1.807, 2.05) is 4.90 Å². The van der Waals surface area contributed by atoms with Gasteiger partial charge in [-0.15, -0.1) is 0 Å². The van der Waals surface area contributed by atoms with E-state index in [0.717, 1.165) is 38.3 Å². The Bertz CT molecular complexity index is 1120. The van der Waals surface area contributed by atoms with E-state index in [-0.39, 0.29) is 24.2 Å². The van der Waals surface area contributed by atoms with Crippen molar-refractivity contribution in [2.75, 3.05) is 49.1 Å². The molecule has 0 aromatic carbocycles. The molecule has 0 unspecified atom stereocenters. The van der Waals surface area contributed by atoms with Crippen LogP contribution in [0.1, 0.15) is 12.1 Å². The fourth-order valence-electron chi connectivity index (χ4n) is 4.04. The second kappa shape index (κ2) is 8.87. The molecule has 5 rings (SSSR count). The van der Waals surface area contributed by atoms with Crippen molar-refractivity contribution in [2.24, 2.45) is 5.92 Å². The maximum absolute atomic E-state index is 13.5. The molecule has 2 saturated heterocycles. The highest BCUT2D eigenvalue weighted by atomic mass is 35.5. The quantitative estimate of drug-likeness (QED) is 0.598. The van der Waals surface area contributed by atoms with Crippen LogP contribution in [0.3, 0.4) is 0 Å². The number of aromatic nitrogens is 4. The molecule has 168 valence electrons. The van der Waals surface area contributed by atoms with Crippen molar-refractivity contribution in [1.29, 1.82) is 0 Å². The lowest BCUT2D eigenvalue weighted by Gasteiger charge is -2.39. The summed E-state index contributed by atoms with van der Waals surface area (Å²) >= 11 is 6.36. The number of pyridine rings is 1. The summed E-state index contributed by atoms with van der Waals surface area (Å²) < 4.78 is 15.2. The number of carbonyl (C=O) groups excluding carboxylic acids is 1. The van der Waals surface area contributed by atoms with Gasteiger partial charge >= 0.3 is 0 Å². The molecule has 0 atom stereocenters. The van der Waals surface area contributed by atoms with Gasteiger partial charge in [0.15, 0.2) is 5.82 Å². The number of carbonyl (C=O) groups is 1. The molecule has 11 heteroatoms. The van der Waals surface area contributed by atoms with Crippen LogP contribution < -0.4 is 20.4 Å². The molecule has 2 fully saturated rings. The summed E-state index contributed by atoms with van der Waals surface area (Å²) in [5, 5.41) is 6.77. The molecule has 3 aromatic rings. The standard InChI is InChI=1S/C21H24ClFN8O/c22-17-10-27-21(29-6-1-4-24-5-7-29)28-19(17)30-11-14(12-30)20(32)26-9-16-8-25-18-3-2-15(23)13-31(16)18/h2-3,8,10,13-14,24H,1,4-7,9,11-12H2,(H,26,32). The maximum atomic E-state index is 13.5. The Kier molecular flexibility index (Phi) is 5.79. The van der Waals surface area contributed by atoms with Crippen molar-refractivity contribution in [3.63, 3.8) is 0 Å². The van der Waals surface area contributed by atoms with Crippen LogP contribution in [0.25, 0.3) is 5.65 Å². The SMILES string of the molecule is O=C(NCc1cnc2ccc(F)cn12)C1CN(c2nc(N3CCCNCC3)ncc2Cl)C1. The first-order valence-electron chi connectivity index (χ1n) is 10.7. The van der Waals surface area contributed by atoms with Gasteiger partial charge in [-0.1, -0.05) is 11.6 Å². The average molecular weight is 459 g/mol. The minimum absolute atomic E-state index is 0.0587. The van der Waals surface area contributed by atoms with Crippen molar-refractivity contribution in [2.45, 2.75) is 13.0 Å². The summed E-state index contributed by atoms with van der Waals surface area (Å²) in [4.78, 5) is 30.1. The number of fused-ring (bicyclic) bond motifs is 1. The van der Waals surface area contributed by atoms with E-state index in [2.05, 4.69) is 30.5 Å². The highest BCUT2D eigenvalue weighted by Gasteiger charge is 2.35. The first-order valence-corrected chi connectivity index (χ1v) is 11.1. The first-order chi connectivity index (χ1) is 15.6. The molecule has 5 heterocycles. The van der Waals surface area contributed by atoms with E-state index in [9.17, 15) is 9.18 Å². The van der Waals surface area contributed by atoms with E-state index < -0.39 is 0 Å². The summed E-state index contributed by atoms with van der Waals surface area (Å²) in [7, 11) is 0. The van der Waals surface area contributed by atoms with E-state index in [0.29, 0.717) is 35.5 Å². The number of imidazole rings is 1. The molecule has 2 N–H and O–H groups in total. The predicted molar refractivity (Wildman–Crippen MR) is 119 cm³/mol. The van der Waals surface area contributed by atoms with Crippen LogP contribution in [-0.2, 0) is 11.3 Å². The molecule has 0 bridgehead atoms. The summed E-state index contributed by atoms with van der Waals surface area (Å²) in [5.74, 6) is 0.755. The number of hydrogen-bond donors (Lipinski definition) is 2. The fraction of sp³-hybridized carbons (Fsp3) is 0.429. The van der Waals surface area contributed by atoms with Gasteiger partial charge in [0.2, 0.25) is 11.9 Å². The number of halogens is 2. The zero-order valence-corrected chi connectivity index (χ0v) is 18.2. The molecule has 2 aliphatic heterocycles. The Morgan fingerprint density at radius 2 is 2.06 bits per heavy atom. The zero-order valence-electron chi connectivity index (χ0n) is 17.5. The van der Waals surface area contributed by atoms with Crippen LogP contribution in [0, 0.1) is 11.7 Å². The van der Waals surface area contributed by atoms with Gasteiger partial charge in [0.25, 0.3) is 0 Å². The van der Waals surface area contributed by atoms with Crippen LogP contribution in [0.4, 0.5) is 16.2 Å². The summed E-state index contributed by atoms with van der Waals surface area (Å²) in [6.45, 7) is 4.97. The summed E-state index contributed by atoms with van der Waals surface area (Å²) in [5.41, 5.74) is 1.36.